The number of piperazine rings is 1. The van der Waals surface area contributed by atoms with Crippen molar-refractivity contribution in [2.45, 2.75) is 25.9 Å². The molecule has 2 amide bonds. The standard InChI is InChI=1S/C22H34N6O2/c1-5-20(21(6-2)30-4)27-13-11-26(12-14-27)10-8-7-9-23-22(29)28-16-18-15-25(3)24-19(18)17-28/h5-6,15H,1-2,7-14,16-17H2,3-4H3,(H,23,29)/b21-20-. The number of carbonyl (C=O) groups is 1. The molecule has 1 saturated heterocycles. The van der Waals surface area contributed by atoms with Crippen LogP contribution in [-0.2, 0) is 24.9 Å². The van der Waals surface area contributed by atoms with Gasteiger partial charge >= 0.3 is 6.03 Å². The molecule has 8 nitrogen and oxygen atoms in total. The second kappa shape index (κ2) is 10.3. The van der Waals surface area contributed by atoms with Crippen LogP contribution in [0.15, 0.2) is 43.0 Å². The van der Waals surface area contributed by atoms with E-state index in [9.17, 15) is 4.79 Å². The van der Waals surface area contributed by atoms with Crippen molar-refractivity contribution in [3.05, 3.63) is 54.2 Å². The largest absolute Gasteiger partial charge is 0.495 e. The van der Waals surface area contributed by atoms with E-state index in [4.69, 9.17) is 4.74 Å². The topological polar surface area (TPSA) is 65.9 Å². The number of nitrogens with zero attached hydrogens (tertiary/aromatic N) is 5. The molecule has 1 fully saturated rings. The van der Waals surface area contributed by atoms with Gasteiger partial charge in [0.05, 0.1) is 31.6 Å². The maximum atomic E-state index is 12.3. The number of aryl methyl sites for hydroxylation is 1. The van der Waals surface area contributed by atoms with Gasteiger partial charge in [0.25, 0.3) is 0 Å². The highest BCUT2D eigenvalue weighted by Gasteiger charge is 2.25. The smallest absolute Gasteiger partial charge is 0.318 e. The summed E-state index contributed by atoms with van der Waals surface area (Å²) in [4.78, 5) is 18.9. The van der Waals surface area contributed by atoms with Gasteiger partial charge in [-0.1, -0.05) is 13.2 Å². The van der Waals surface area contributed by atoms with Crippen molar-refractivity contribution in [2.24, 2.45) is 7.05 Å². The number of amides is 2. The van der Waals surface area contributed by atoms with Crippen molar-refractivity contribution in [3.8, 4) is 0 Å². The number of methoxy groups -OCH3 is 1. The second-order valence-electron chi connectivity index (χ2n) is 7.76. The predicted molar refractivity (Wildman–Crippen MR) is 118 cm³/mol. The number of fused-ring (bicyclic) bond motifs is 1. The van der Waals surface area contributed by atoms with Crippen LogP contribution < -0.4 is 5.32 Å². The van der Waals surface area contributed by atoms with Crippen LogP contribution >= 0.6 is 0 Å². The van der Waals surface area contributed by atoms with Gasteiger partial charge in [-0.15, -0.1) is 0 Å². The summed E-state index contributed by atoms with van der Waals surface area (Å²) in [6, 6.07) is 0.00387. The number of aromatic nitrogens is 2. The molecule has 0 atom stereocenters. The lowest BCUT2D eigenvalue weighted by molar-refractivity contribution is 0.153. The highest BCUT2D eigenvalue weighted by Crippen LogP contribution is 2.20. The minimum atomic E-state index is 0.00387. The average Bonchev–Trinajstić information content (AvgIpc) is 3.29. The lowest BCUT2D eigenvalue weighted by Gasteiger charge is -2.37. The van der Waals surface area contributed by atoms with Crippen LogP contribution in [0.5, 0.6) is 0 Å². The fraction of sp³-hybridized carbons (Fsp3) is 0.545. The van der Waals surface area contributed by atoms with Crippen molar-refractivity contribution in [3.63, 3.8) is 0 Å². The van der Waals surface area contributed by atoms with E-state index in [-0.39, 0.29) is 6.03 Å². The number of urea groups is 1. The van der Waals surface area contributed by atoms with Gasteiger partial charge in [-0.3, -0.25) is 9.58 Å². The lowest BCUT2D eigenvalue weighted by Crippen LogP contribution is -2.46. The van der Waals surface area contributed by atoms with Crippen LogP contribution in [0.1, 0.15) is 24.1 Å². The molecular formula is C22H34N6O2. The zero-order valence-corrected chi connectivity index (χ0v) is 18.3. The molecule has 3 heterocycles. The van der Waals surface area contributed by atoms with Gasteiger partial charge in [-0.05, 0) is 31.5 Å². The van der Waals surface area contributed by atoms with Crippen molar-refractivity contribution < 1.29 is 9.53 Å². The number of nitrogens with one attached hydrogen (secondary N) is 1. The van der Waals surface area contributed by atoms with Crippen molar-refractivity contribution in [1.82, 2.24) is 29.8 Å². The van der Waals surface area contributed by atoms with Gasteiger partial charge in [0, 0.05) is 51.5 Å². The Balaban J connectivity index is 1.30. The number of unbranched alkanes of at least 4 members (excludes halogenated alkanes) is 1. The number of hydrogen-bond donors (Lipinski definition) is 1. The fourth-order valence-electron chi connectivity index (χ4n) is 4.09. The Morgan fingerprint density at radius 3 is 2.57 bits per heavy atom. The maximum absolute atomic E-state index is 12.3. The fourth-order valence-corrected chi connectivity index (χ4v) is 4.09. The summed E-state index contributed by atoms with van der Waals surface area (Å²) in [5.74, 6) is 0.770. The molecule has 0 unspecified atom stereocenters. The third-order valence-corrected chi connectivity index (χ3v) is 5.72. The van der Waals surface area contributed by atoms with Gasteiger partial charge < -0.3 is 19.9 Å². The van der Waals surface area contributed by atoms with E-state index in [1.807, 2.05) is 28.9 Å². The first-order valence-corrected chi connectivity index (χ1v) is 10.6. The van der Waals surface area contributed by atoms with Crippen LogP contribution in [-0.4, -0.2) is 76.9 Å². The van der Waals surface area contributed by atoms with E-state index in [2.05, 4.69) is 33.4 Å². The summed E-state index contributed by atoms with van der Waals surface area (Å²) >= 11 is 0. The molecule has 0 saturated carbocycles. The minimum absolute atomic E-state index is 0.00387. The van der Waals surface area contributed by atoms with E-state index in [1.54, 1.807) is 13.2 Å². The summed E-state index contributed by atoms with van der Waals surface area (Å²) in [6.07, 6.45) is 7.61. The molecule has 8 heteroatoms. The molecule has 164 valence electrons. The summed E-state index contributed by atoms with van der Waals surface area (Å²) in [5, 5.41) is 7.43. The Morgan fingerprint density at radius 1 is 1.17 bits per heavy atom. The van der Waals surface area contributed by atoms with E-state index in [1.165, 1.54) is 0 Å². The predicted octanol–water partition coefficient (Wildman–Crippen LogP) is 2.07. The third-order valence-electron chi connectivity index (χ3n) is 5.72. The first-order valence-electron chi connectivity index (χ1n) is 10.6. The first-order chi connectivity index (χ1) is 14.5. The van der Waals surface area contributed by atoms with Crippen LogP contribution in [0.2, 0.25) is 0 Å². The van der Waals surface area contributed by atoms with Crippen LogP contribution in [0.4, 0.5) is 4.79 Å². The Bertz CT molecular complexity index is 768. The average molecular weight is 415 g/mol. The lowest BCUT2D eigenvalue weighted by atomic mass is 10.2. The Morgan fingerprint density at radius 2 is 1.93 bits per heavy atom. The van der Waals surface area contributed by atoms with Crippen molar-refractivity contribution >= 4 is 6.03 Å². The van der Waals surface area contributed by atoms with Crippen LogP contribution in [0, 0.1) is 0 Å². The van der Waals surface area contributed by atoms with E-state index < -0.39 is 0 Å². The summed E-state index contributed by atoms with van der Waals surface area (Å²) in [6.45, 7) is 14.7. The molecule has 0 spiro atoms. The van der Waals surface area contributed by atoms with Crippen molar-refractivity contribution in [2.75, 3.05) is 46.4 Å². The monoisotopic (exact) mass is 414 g/mol. The number of hydrogen-bond acceptors (Lipinski definition) is 5. The van der Waals surface area contributed by atoms with Crippen LogP contribution in [0.25, 0.3) is 0 Å². The highest BCUT2D eigenvalue weighted by molar-refractivity contribution is 5.74. The van der Waals surface area contributed by atoms with Gasteiger partial charge in [0.2, 0.25) is 0 Å². The third kappa shape index (κ3) is 5.24. The second-order valence-corrected chi connectivity index (χ2v) is 7.76. The van der Waals surface area contributed by atoms with Crippen molar-refractivity contribution in [1.29, 1.82) is 0 Å². The van der Waals surface area contributed by atoms with Gasteiger partial charge in [-0.2, -0.15) is 5.10 Å². The molecule has 1 aromatic heterocycles. The van der Waals surface area contributed by atoms with Crippen LogP contribution in [0.3, 0.4) is 0 Å². The molecule has 2 aliphatic rings. The maximum Gasteiger partial charge on any atom is 0.318 e. The summed E-state index contributed by atoms with van der Waals surface area (Å²) in [5.41, 5.74) is 3.16. The number of carbonyl (C=O) groups excluding carboxylic acids is 1. The van der Waals surface area contributed by atoms with E-state index in [0.717, 1.165) is 68.3 Å². The quantitative estimate of drug-likeness (QED) is 0.381. The molecule has 0 aliphatic carbocycles. The van der Waals surface area contributed by atoms with Gasteiger partial charge in [0.1, 0.15) is 5.76 Å². The highest BCUT2D eigenvalue weighted by atomic mass is 16.5. The molecule has 1 N–H and O–H groups in total. The molecule has 0 bridgehead atoms. The minimum Gasteiger partial charge on any atom is -0.495 e. The molecular weight excluding hydrogens is 380 g/mol. The van der Waals surface area contributed by atoms with E-state index >= 15 is 0 Å². The molecule has 0 aromatic carbocycles. The first kappa shape index (κ1) is 22.0. The van der Waals surface area contributed by atoms with Gasteiger partial charge in [-0.25, -0.2) is 4.79 Å². The Labute approximate surface area is 179 Å². The molecule has 30 heavy (non-hydrogen) atoms. The molecule has 0 radical (unpaired) electrons. The van der Waals surface area contributed by atoms with Gasteiger partial charge in [0.15, 0.2) is 0 Å². The normalized spacial score (nSPS) is 17.4. The molecule has 3 rings (SSSR count). The zero-order chi connectivity index (χ0) is 21.5. The number of allylic oxidation sites excluding steroid dienone is 2. The number of ether oxygens (including phenoxy) is 1. The SMILES string of the molecule is C=C/C(OC)=C(\C=C)N1CCN(CCCCNC(=O)N2Cc3cn(C)nc3C2)CC1. The number of rotatable bonds is 9. The Hall–Kier alpha value is -2.74. The summed E-state index contributed by atoms with van der Waals surface area (Å²) < 4.78 is 7.20. The Kier molecular flexibility index (Phi) is 7.57. The van der Waals surface area contributed by atoms with E-state index in [0.29, 0.717) is 19.6 Å². The summed E-state index contributed by atoms with van der Waals surface area (Å²) in [7, 11) is 3.57. The zero-order valence-electron chi connectivity index (χ0n) is 18.3. The molecule has 1 aromatic rings. The molecule has 2 aliphatic heterocycles.